The van der Waals surface area contributed by atoms with Crippen LogP contribution in [0.15, 0.2) is 53.1 Å². The number of halogens is 4. The molecule has 3 aromatic rings. The highest BCUT2D eigenvalue weighted by Crippen LogP contribution is 2.31. The van der Waals surface area contributed by atoms with Crippen molar-refractivity contribution in [1.29, 1.82) is 0 Å². The molecule has 176 valence electrons. The Balaban J connectivity index is 1.35. The molecule has 0 saturated heterocycles. The van der Waals surface area contributed by atoms with Gasteiger partial charge >= 0.3 is 6.18 Å². The van der Waals surface area contributed by atoms with Crippen LogP contribution in [0, 0.1) is 5.82 Å². The van der Waals surface area contributed by atoms with E-state index in [1.165, 1.54) is 36.4 Å². The molecule has 0 spiro atoms. The molecule has 2 N–H and O–H groups in total. The molecule has 0 aliphatic carbocycles. The average molecular weight is 467 g/mol. The van der Waals surface area contributed by atoms with E-state index in [1.807, 2.05) is 0 Å². The van der Waals surface area contributed by atoms with E-state index in [1.54, 1.807) is 0 Å². The summed E-state index contributed by atoms with van der Waals surface area (Å²) < 4.78 is 61.4. The van der Waals surface area contributed by atoms with Crippen molar-refractivity contribution >= 4 is 5.91 Å². The Labute approximate surface area is 186 Å². The largest absolute Gasteiger partial charge is 0.491 e. The number of nitrogens with zero attached hydrogens (tertiary/aromatic N) is 2. The summed E-state index contributed by atoms with van der Waals surface area (Å²) >= 11 is 0. The number of benzene rings is 2. The SMILES string of the molecule is O=C(CCCc1nc(-c2ccc(F)cc2)no1)NCC(O)COc1cccc(C(F)(F)F)c1. The lowest BCUT2D eigenvalue weighted by atomic mass is 10.2. The first-order chi connectivity index (χ1) is 15.7. The average Bonchev–Trinajstić information content (AvgIpc) is 3.25. The first-order valence-electron chi connectivity index (χ1n) is 10.0. The summed E-state index contributed by atoms with van der Waals surface area (Å²) in [4.78, 5) is 16.1. The van der Waals surface area contributed by atoms with Gasteiger partial charge in [0, 0.05) is 24.9 Å². The molecule has 0 fully saturated rings. The molecule has 2 aromatic carbocycles. The summed E-state index contributed by atoms with van der Waals surface area (Å²) in [5.74, 6) is -0.0861. The zero-order valence-corrected chi connectivity index (χ0v) is 17.3. The standard InChI is InChI=1S/C22H21F4N3O4/c23-16-9-7-14(8-10-16)21-28-20(33-29-21)6-2-5-19(31)27-12-17(30)13-32-18-4-1-3-15(11-18)22(24,25)26/h1,3-4,7-11,17,30H,2,5-6,12-13H2,(H,27,31). The molecule has 0 saturated carbocycles. The number of hydrogen-bond donors (Lipinski definition) is 2. The lowest BCUT2D eigenvalue weighted by Crippen LogP contribution is -2.35. The van der Waals surface area contributed by atoms with Gasteiger partial charge in [-0.3, -0.25) is 4.79 Å². The highest BCUT2D eigenvalue weighted by atomic mass is 19.4. The number of hydrogen-bond acceptors (Lipinski definition) is 6. The summed E-state index contributed by atoms with van der Waals surface area (Å²) in [6, 6.07) is 9.94. The molecule has 1 amide bonds. The molecule has 3 rings (SSSR count). The number of nitrogens with one attached hydrogen (secondary N) is 1. The summed E-state index contributed by atoms with van der Waals surface area (Å²) in [6.45, 7) is -0.400. The van der Waals surface area contributed by atoms with Gasteiger partial charge in [0.1, 0.15) is 24.3 Å². The Morgan fingerprint density at radius 3 is 2.67 bits per heavy atom. The van der Waals surface area contributed by atoms with E-state index in [-0.39, 0.29) is 37.0 Å². The number of aryl methyl sites for hydroxylation is 1. The molecule has 0 aliphatic heterocycles. The van der Waals surface area contributed by atoms with Crippen molar-refractivity contribution in [3.05, 3.63) is 65.8 Å². The molecule has 33 heavy (non-hydrogen) atoms. The number of aliphatic hydroxyl groups excluding tert-OH is 1. The number of ether oxygens (including phenoxy) is 1. The van der Waals surface area contributed by atoms with Crippen LogP contribution in [-0.4, -0.2) is 40.4 Å². The van der Waals surface area contributed by atoms with E-state index < -0.39 is 17.8 Å². The van der Waals surface area contributed by atoms with Crippen LogP contribution in [0.25, 0.3) is 11.4 Å². The number of carbonyl (C=O) groups is 1. The Morgan fingerprint density at radius 2 is 1.94 bits per heavy atom. The topological polar surface area (TPSA) is 97.5 Å². The summed E-state index contributed by atoms with van der Waals surface area (Å²) in [6.07, 6.45) is -4.69. The fourth-order valence-corrected chi connectivity index (χ4v) is 2.81. The molecule has 7 nitrogen and oxygen atoms in total. The molecular weight excluding hydrogens is 446 g/mol. The van der Waals surface area contributed by atoms with Crippen molar-refractivity contribution in [2.45, 2.75) is 31.5 Å². The van der Waals surface area contributed by atoms with Crippen molar-refractivity contribution in [1.82, 2.24) is 15.5 Å². The molecule has 0 bridgehead atoms. The van der Waals surface area contributed by atoms with E-state index in [4.69, 9.17) is 9.26 Å². The number of rotatable bonds is 10. The second kappa shape index (κ2) is 10.9. The zero-order valence-electron chi connectivity index (χ0n) is 17.3. The number of carbonyl (C=O) groups excluding carboxylic acids is 1. The van der Waals surface area contributed by atoms with Gasteiger partial charge in [-0.05, 0) is 48.9 Å². The fraction of sp³-hybridized carbons (Fsp3) is 0.318. The molecule has 0 radical (unpaired) electrons. The van der Waals surface area contributed by atoms with Gasteiger partial charge in [0.25, 0.3) is 0 Å². The second-order valence-corrected chi connectivity index (χ2v) is 7.17. The maximum Gasteiger partial charge on any atom is 0.416 e. The third kappa shape index (κ3) is 7.56. The van der Waals surface area contributed by atoms with Crippen LogP contribution in [0.1, 0.15) is 24.3 Å². The minimum absolute atomic E-state index is 0.0326. The first-order valence-corrected chi connectivity index (χ1v) is 10.0. The van der Waals surface area contributed by atoms with E-state index in [0.717, 1.165) is 12.1 Å². The number of aromatic nitrogens is 2. The summed E-state index contributed by atoms with van der Waals surface area (Å²) in [5.41, 5.74) is -0.251. The quantitative estimate of drug-likeness (QED) is 0.441. The van der Waals surface area contributed by atoms with Gasteiger partial charge in [-0.1, -0.05) is 11.2 Å². The van der Waals surface area contributed by atoms with Crippen LogP contribution >= 0.6 is 0 Å². The minimum atomic E-state index is -4.49. The Morgan fingerprint density at radius 1 is 1.18 bits per heavy atom. The van der Waals surface area contributed by atoms with E-state index in [9.17, 15) is 27.5 Å². The predicted molar refractivity (Wildman–Crippen MR) is 109 cm³/mol. The lowest BCUT2D eigenvalue weighted by molar-refractivity contribution is -0.137. The fourth-order valence-electron chi connectivity index (χ4n) is 2.81. The molecule has 1 aromatic heterocycles. The van der Waals surface area contributed by atoms with Crippen LogP contribution in [0.3, 0.4) is 0 Å². The molecule has 0 aliphatic rings. The van der Waals surface area contributed by atoms with Crippen molar-refractivity contribution in [3.63, 3.8) is 0 Å². The van der Waals surface area contributed by atoms with Crippen LogP contribution < -0.4 is 10.1 Å². The van der Waals surface area contributed by atoms with Gasteiger partial charge < -0.3 is 19.7 Å². The molecule has 11 heteroatoms. The van der Waals surface area contributed by atoms with Gasteiger partial charge in [-0.2, -0.15) is 18.2 Å². The summed E-state index contributed by atoms with van der Waals surface area (Å²) in [7, 11) is 0. The number of amides is 1. The molecule has 1 atom stereocenters. The third-order valence-corrected chi connectivity index (χ3v) is 4.50. The van der Waals surface area contributed by atoms with Gasteiger partial charge in [-0.25, -0.2) is 4.39 Å². The normalized spacial score (nSPS) is 12.4. The van der Waals surface area contributed by atoms with Crippen molar-refractivity contribution in [3.8, 4) is 17.1 Å². The predicted octanol–water partition coefficient (Wildman–Crippen LogP) is 3.77. The molecule has 1 unspecified atom stereocenters. The first kappa shape index (κ1) is 24.2. The molecule has 1 heterocycles. The van der Waals surface area contributed by atoms with Crippen LogP contribution in [0.2, 0.25) is 0 Å². The Kier molecular flexibility index (Phi) is 7.99. The van der Waals surface area contributed by atoms with Crippen molar-refractivity contribution < 1.29 is 36.7 Å². The molecular formula is C22H21F4N3O4. The maximum atomic E-state index is 13.0. The maximum absolute atomic E-state index is 13.0. The van der Waals surface area contributed by atoms with Crippen molar-refractivity contribution in [2.75, 3.05) is 13.2 Å². The third-order valence-electron chi connectivity index (χ3n) is 4.50. The van der Waals surface area contributed by atoms with Crippen LogP contribution in [0.4, 0.5) is 17.6 Å². The highest BCUT2D eigenvalue weighted by molar-refractivity contribution is 5.75. The minimum Gasteiger partial charge on any atom is -0.491 e. The van der Waals surface area contributed by atoms with Gasteiger partial charge in [0.2, 0.25) is 17.6 Å². The van der Waals surface area contributed by atoms with Gasteiger partial charge in [0.15, 0.2) is 0 Å². The smallest absolute Gasteiger partial charge is 0.416 e. The van der Waals surface area contributed by atoms with Gasteiger partial charge in [-0.15, -0.1) is 0 Å². The highest BCUT2D eigenvalue weighted by Gasteiger charge is 2.30. The Bertz CT molecular complexity index is 1050. The van der Waals surface area contributed by atoms with Crippen LogP contribution in [-0.2, 0) is 17.4 Å². The zero-order chi connectivity index (χ0) is 23.8. The monoisotopic (exact) mass is 467 g/mol. The summed E-state index contributed by atoms with van der Waals surface area (Å²) in [5, 5.41) is 16.2. The van der Waals surface area contributed by atoms with E-state index in [2.05, 4.69) is 15.5 Å². The van der Waals surface area contributed by atoms with E-state index in [0.29, 0.717) is 30.1 Å². The lowest BCUT2D eigenvalue weighted by Gasteiger charge is -2.14. The number of aliphatic hydroxyl groups is 1. The van der Waals surface area contributed by atoms with Gasteiger partial charge in [0.05, 0.1) is 5.56 Å². The van der Waals surface area contributed by atoms with Crippen molar-refractivity contribution in [2.24, 2.45) is 0 Å². The number of alkyl halides is 3. The van der Waals surface area contributed by atoms with E-state index >= 15 is 0 Å². The second-order valence-electron chi connectivity index (χ2n) is 7.17. The Hall–Kier alpha value is -3.47. The van der Waals surface area contributed by atoms with Crippen LogP contribution in [0.5, 0.6) is 5.75 Å².